The summed E-state index contributed by atoms with van der Waals surface area (Å²) in [6, 6.07) is 7.39. The second-order valence-corrected chi connectivity index (χ2v) is 4.77. The first kappa shape index (κ1) is 15.6. The van der Waals surface area contributed by atoms with Gasteiger partial charge in [-0.15, -0.1) is 0 Å². The number of guanidine groups is 1. The first-order valence-electron chi connectivity index (χ1n) is 6.58. The summed E-state index contributed by atoms with van der Waals surface area (Å²) in [6.45, 7) is 5.42. The van der Waals surface area contributed by atoms with Gasteiger partial charge in [-0.1, -0.05) is 37.1 Å². The number of hydrogen-bond donors (Lipinski definition) is 2. The molecule has 5 heteroatoms. The molecule has 0 radical (unpaired) electrons. The quantitative estimate of drug-likeness (QED) is 0.460. The molecule has 0 amide bonds. The molecule has 1 rings (SSSR count). The molecule has 0 bridgehead atoms. The van der Waals surface area contributed by atoms with E-state index >= 15 is 0 Å². The van der Waals surface area contributed by atoms with Crippen LogP contribution in [0.4, 0.5) is 0 Å². The molecule has 1 unspecified atom stereocenters. The highest BCUT2D eigenvalue weighted by Crippen LogP contribution is 2.24. The summed E-state index contributed by atoms with van der Waals surface area (Å²) in [7, 11) is 0. The molecular formula is C14H22ClN3O. The fourth-order valence-corrected chi connectivity index (χ4v) is 1.65. The van der Waals surface area contributed by atoms with Crippen molar-refractivity contribution in [2.45, 2.75) is 32.8 Å². The van der Waals surface area contributed by atoms with Crippen molar-refractivity contribution in [1.82, 2.24) is 5.32 Å². The van der Waals surface area contributed by atoms with Gasteiger partial charge in [0.25, 0.3) is 0 Å². The third kappa shape index (κ3) is 6.34. The molecule has 0 aromatic heterocycles. The Morgan fingerprint density at radius 3 is 2.89 bits per heavy atom. The maximum absolute atomic E-state index is 6.02. The van der Waals surface area contributed by atoms with Crippen molar-refractivity contribution in [3.63, 3.8) is 0 Å². The van der Waals surface area contributed by atoms with Gasteiger partial charge in [-0.05, 0) is 25.5 Å². The number of unbranched alkanes of at least 4 members (excludes halogenated alkanes) is 1. The molecule has 1 atom stereocenters. The van der Waals surface area contributed by atoms with E-state index in [0.717, 1.165) is 19.4 Å². The lowest BCUT2D eigenvalue weighted by molar-refractivity contribution is 0.230. The van der Waals surface area contributed by atoms with Gasteiger partial charge in [0.05, 0.1) is 11.6 Å². The molecule has 0 saturated heterocycles. The van der Waals surface area contributed by atoms with Crippen LogP contribution >= 0.6 is 11.6 Å². The van der Waals surface area contributed by atoms with Gasteiger partial charge in [-0.2, -0.15) is 0 Å². The Balaban J connectivity index is 2.37. The van der Waals surface area contributed by atoms with Gasteiger partial charge in [0, 0.05) is 6.54 Å². The molecule has 0 saturated carbocycles. The van der Waals surface area contributed by atoms with Gasteiger partial charge in [0.2, 0.25) is 0 Å². The SMILES string of the molecule is CCCCNC(N)=NCC(C)Oc1ccccc1Cl. The zero-order valence-corrected chi connectivity index (χ0v) is 12.3. The average Bonchev–Trinajstić information content (AvgIpc) is 2.39. The third-order valence-electron chi connectivity index (χ3n) is 2.52. The lowest BCUT2D eigenvalue weighted by Crippen LogP contribution is -2.33. The monoisotopic (exact) mass is 283 g/mol. The van der Waals surface area contributed by atoms with Gasteiger partial charge in [-0.3, -0.25) is 0 Å². The van der Waals surface area contributed by atoms with E-state index in [1.807, 2.05) is 25.1 Å². The standard InChI is InChI=1S/C14H22ClN3O/c1-3-4-9-17-14(16)18-10-11(2)19-13-8-6-5-7-12(13)15/h5-8,11H,3-4,9-10H2,1-2H3,(H3,16,17,18). The molecule has 0 aliphatic carbocycles. The molecule has 1 aromatic rings. The van der Waals surface area contributed by atoms with Gasteiger partial charge in [0.1, 0.15) is 11.9 Å². The average molecular weight is 284 g/mol. The molecule has 19 heavy (non-hydrogen) atoms. The normalized spacial score (nSPS) is 13.1. The van der Waals surface area contributed by atoms with E-state index in [0.29, 0.717) is 23.3 Å². The minimum absolute atomic E-state index is 0.0774. The topological polar surface area (TPSA) is 59.6 Å². The van der Waals surface area contributed by atoms with Gasteiger partial charge in [0.15, 0.2) is 5.96 Å². The van der Waals surface area contributed by atoms with Crippen molar-refractivity contribution >= 4 is 17.6 Å². The van der Waals surface area contributed by atoms with Crippen LogP contribution in [0.1, 0.15) is 26.7 Å². The van der Waals surface area contributed by atoms with Crippen molar-refractivity contribution < 1.29 is 4.74 Å². The maximum atomic E-state index is 6.02. The molecule has 3 N–H and O–H groups in total. The fourth-order valence-electron chi connectivity index (χ4n) is 1.47. The van der Waals surface area contributed by atoms with Gasteiger partial charge < -0.3 is 15.8 Å². The van der Waals surface area contributed by atoms with Crippen LogP contribution in [-0.4, -0.2) is 25.2 Å². The maximum Gasteiger partial charge on any atom is 0.188 e. The van der Waals surface area contributed by atoms with E-state index < -0.39 is 0 Å². The second-order valence-electron chi connectivity index (χ2n) is 4.37. The van der Waals surface area contributed by atoms with Crippen LogP contribution < -0.4 is 15.8 Å². The van der Waals surface area contributed by atoms with Crippen molar-refractivity contribution in [2.75, 3.05) is 13.1 Å². The van der Waals surface area contributed by atoms with Crippen LogP contribution in [0.5, 0.6) is 5.75 Å². The molecule has 0 fully saturated rings. The summed E-state index contributed by atoms with van der Waals surface area (Å²) in [5, 5.41) is 3.66. The summed E-state index contributed by atoms with van der Waals surface area (Å²) in [6.07, 6.45) is 2.14. The second kappa shape index (κ2) is 8.64. The van der Waals surface area contributed by atoms with E-state index in [9.17, 15) is 0 Å². The molecule has 4 nitrogen and oxygen atoms in total. The predicted octanol–water partition coefficient (Wildman–Crippen LogP) is 2.81. The summed E-state index contributed by atoms with van der Waals surface area (Å²) >= 11 is 6.02. The van der Waals surface area contributed by atoms with Crippen molar-refractivity contribution in [2.24, 2.45) is 10.7 Å². The zero-order valence-electron chi connectivity index (χ0n) is 11.5. The number of rotatable bonds is 7. The Hall–Kier alpha value is -1.42. The van der Waals surface area contributed by atoms with E-state index in [1.54, 1.807) is 6.07 Å². The van der Waals surface area contributed by atoms with E-state index in [4.69, 9.17) is 22.1 Å². The first-order valence-corrected chi connectivity index (χ1v) is 6.96. The van der Waals surface area contributed by atoms with Crippen LogP contribution in [0.2, 0.25) is 5.02 Å². The number of nitrogens with one attached hydrogen (secondary N) is 1. The number of benzene rings is 1. The van der Waals surface area contributed by atoms with Crippen LogP contribution in [0.3, 0.4) is 0 Å². The van der Waals surface area contributed by atoms with E-state index in [-0.39, 0.29) is 6.10 Å². The molecular weight excluding hydrogens is 262 g/mol. The summed E-state index contributed by atoms with van der Waals surface area (Å²) in [5.74, 6) is 1.13. The molecule has 106 valence electrons. The van der Waals surface area contributed by atoms with Crippen LogP contribution in [-0.2, 0) is 0 Å². The zero-order chi connectivity index (χ0) is 14.1. The highest BCUT2D eigenvalue weighted by atomic mass is 35.5. The van der Waals surface area contributed by atoms with Crippen molar-refractivity contribution in [3.8, 4) is 5.75 Å². The Morgan fingerprint density at radius 1 is 1.47 bits per heavy atom. The molecule has 0 heterocycles. The first-order chi connectivity index (χ1) is 9.13. The largest absolute Gasteiger partial charge is 0.487 e. The highest BCUT2D eigenvalue weighted by Gasteiger charge is 2.06. The van der Waals surface area contributed by atoms with E-state index in [2.05, 4.69) is 17.2 Å². The number of halogens is 1. The number of aliphatic imine (C=N–C) groups is 1. The third-order valence-corrected chi connectivity index (χ3v) is 2.83. The number of nitrogens with zero attached hydrogens (tertiary/aromatic N) is 1. The van der Waals surface area contributed by atoms with Crippen LogP contribution in [0.15, 0.2) is 29.3 Å². The number of para-hydroxylation sites is 1. The summed E-state index contributed by atoms with van der Waals surface area (Å²) in [5.41, 5.74) is 5.74. The van der Waals surface area contributed by atoms with Crippen LogP contribution in [0, 0.1) is 0 Å². The Labute approximate surface area is 120 Å². The number of hydrogen-bond acceptors (Lipinski definition) is 2. The lowest BCUT2D eigenvalue weighted by atomic mass is 10.3. The van der Waals surface area contributed by atoms with Crippen molar-refractivity contribution in [1.29, 1.82) is 0 Å². The van der Waals surface area contributed by atoms with E-state index in [1.165, 1.54) is 0 Å². The molecule has 0 spiro atoms. The molecule has 1 aromatic carbocycles. The minimum atomic E-state index is -0.0774. The van der Waals surface area contributed by atoms with Crippen molar-refractivity contribution in [3.05, 3.63) is 29.3 Å². The number of nitrogens with two attached hydrogens (primary N) is 1. The van der Waals surface area contributed by atoms with Gasteiger partial charge >= 0.3 is 0 Å². The molecule has 0 aliphatic rings. The molecule has 0 aliphatic heterocycles. The summed E-state index contributed by atoms with van der Waals surface area (Å²) in [4.78, 5) is 4.24. The lowest BCUT2D eigenvalue weighted by Gasteiger charge is -2.14. The Kier molecular flexibility index (Phi) is 7.11. The smallest absolute Gasteiger partial charge is 0.188 e. The fraction of sp³-hybridized carbons (Fsp3) is 0.500. The Bertz CT molecular complexity index is 409. The number of ether oxygens (including phenoxy) is 1. The Morgan fingerprint density at radius 2 is 2.21 bits per heavy atom. The predicted molar refractivity (Wildman–Crippen MR) is 80.9 cm³/mol. The van der Waals surface area contributed by atoms with Gasteiger partial charge in [-0.25, -0.2) is 4.99 Å². The highest BCUT2D eigenvalue weighted by molar-refractivity contribution is 6.32. The van der Waals surface area contributed by atoms with Crippen LogP contribution in [0.25, 0.3) is 0 Å². The minimum Gasteiger partial charge on any atom is -0.487 e. The summed E-state index contributed by atoms with van der Waals surface area (Å²) < 4.78 is 5.70.